The molecule has 0 fully saturated rings. The number of aryl methyl sites for hydroxylation is 2. The largest absolute Gasteiger partial charge is 0.398 e. The second kappa shape index (κ2) is 5.22. The van der Waals surface area contributed by atoms with Crippen LogP contribution in [0.1, 0.15) is 0 Å². The van der Waals surface area contributed by atoms with Crippen LogP contribution >= 0.6 is 15.9 Å². The molecule has 2 aromatic heterocycles. The zero-order valence-electron chi connectivity index (χ0n) is 9.54. The molecule has 5 nitrogen and oxygen atoms in total. The third-order valence-electron chi connectivity index (χ3n) is 2.54. The van der Waals surface area contributed by atoms with Crippen LogP contribution in [0.2, 0.25) is 0 Å². The summed E-state index contributed by atoms with van der Waals surface area (Å²) in [4.78, 5) is 23.1. The van der Waals surface area contributed by atoms with E-state index in [1.807, 2.05) is 0 Å². The van der Waals surface area contributed by atoms with Gasteiger partial charge in [-0.3, -0.25) is 9.59 Å². The minimum absolute atomic E-state index is 0.102. The molecule has 0 saturated carbocycles. The topological polar surface area (TPSA) is 70.0 Å². The first-order valence-electron chi connectivity index (χ1n) is 5.38. The van der Waals surface area contributed by atoms with E-state index in [0.717, 1.165) is 4.47 Å². The van der Waals surface area contributed by atoms with Gasteiger partial charge in [-0.1, -0.05) is 0 Å². The maximum Gasteiger partial charge on any atom is 0.250 e. The molecule has 0 aliphatic rings. The molecule has 0 atom stereocenters. The number of pyridine rings is 2. The first kappa shape index (κ1) is 12.6. The molecule has 2 aromatic rings. The van der Waals surface area contributed by atoms with Gasteiger partial charge in [0, 0.05) is 47.8 Å². The summed E-state index contributed by atoms with van der Waals surface area (Å²) in [6.45, 7) is 0.821. The lowest BCUT2D eigenvalue weighted by molar-refractivity contribution is 0.552. The summed E-state index contributed by atoms with van der Waals surface area (Å²) in [5, 5.41) is 0. The molecule has 0 saturated heterocycles. The Balaban J connectivity index is 2.21. The molecule has 18 heavy (non-hydrogen) atoms. The third-order valence-corrected chi connectivity index (χ3v) is 3.00. The van der Waals surface area contributed by atoms with Gasteiger partial charge in [-0.2, -0.15) is 0 Å². The number of hydrogen-bond donors (Lipinski definition) is 1. The molecule has 0 amide bonds. The summed E-state index contributed by atoms with van der Waals surface area (Å²) in [5.74, 6) is 0. The maximum absolute atomic E-state index is 11.6. The van der Waals surface area contributed by atoms with Gasteiger partial charge in [-0.15, -0.1) is 0 Å². The normalized spacial score (nSPS) is 10.5. The number of nitrogens with two attached hydrogens (primary N) is 1. The first-order chi connectivity index (χ1) is 8.56. The molecule has 0 bridgehead atoms. The van der Waals surface area contributed by atoms with Crippen molar-refractivity contribution < 1.29 is 0 Å². The number of nitrogen functional groups attached to an aromatic ring is 1. The van der Waals surface area contributed by atoms with E-state index in [4.69, 9.17) is 5.73 Å². The minimum atomic E-state index is -0.132. The lowest BCUT2D eigenvalue weighted by atomic mass is 10.4. The predicted octanol–water partition coefficient (Wildman–Crippen LogP) is 1.05. The predicted molar refractivity (Wildman–Crippen MR) is 73.5 cm³/mol. The van der Waals surface area contributed by atoms with Crippen molar-refractivity contribution in [3.05, 3.63) is 61.8 Å². The van der Waals surface area contributed by atoms with Crippen molar-refractivity contribution in [2.45, 2.75) is 13.1 Å². The third kappa shape index (κ3) is 2.89. The molecule has 2 rings (SSSR count). The summed E-state index contributed by atoms with van der Waals surface area (Å²) in [7, 11) is 0. The van der Waals surface area contributed by atoms with Crippen molar-refractivity contribution in [3.8, 4) is 0 Å². The van der Waals surface area contributed by atoms with Crippen LogP contribution in [0, 0.1) is 0 Å². The van der Waals surface area contributed by atoms with Gasteiger partial charge in [0.1, 0.15) is 0 Å². The second-order valence-corrected chi connectivity index (χ2v) is 4.79. The van der Waals surface area contributed by atoms with Gasteiger partial charge in [0.25, 0.3) is 11.1 Å². The average Bonchev–Trinajstić information content (AvgIpc) is 2.34. The molecule has 94 valence electrons. The van der Waals surface area contributed by atoms with E-state index < -0.39 is 0 Å². The van der Waals surface area contributed by atoms with Gasteiger partial charge in [0.2, 0.25) is 0 Å². The van der Waals surface area contributed by atoms with Crippen molar-refractivity contribution in [2.75, 3.05) is 5.73 Å². The van der Waals surface area contributed by atoms with Gasteiger partial charge in [0.05, 0.1) is 0 Å². The number of nitrogens with zero attached hydrogens (tertiary/aromatic N) is 2. The van der Waals surface area contributed by atoms with Gasteiger partial charge < -0.3 is 14.9 Å². The van der Waals surface area contributed by atoms with Crippen molar-refractivity contribution in [1.29, 1.82) is 0 Å². The summed E-state index contributed by atoms with van der Waals surface area (Å²) in [6.07, 6.45) is 3.27. The molecule has 0 radical (unpaired) electrons. The highest BCUT2D eigenvalue weighted by Gasteiger charge is 2.00. The lowest BCUT2D eigenvalue weighted by Crippen LogP contribution is -2.25. The molecule has 6 heteroatoms. The van der Waals surface area contributed by atoms with E-state index in [9.17, 15) is 9.59 Å². The molecule has 0 aliphatic carbocycles. The molecular weight excluding hydrogens is 298 g/mol. The Morgan fingerprint density at radius 3 is 2.17 bits per heavy atom. The van der Waals surface area contributed by atoms with Crippen LogP contribution in [0.25, 0.3) is 0 Å². The van der Waals surface area contributed by atoms with Gasteiger partial charge in [-0.05, 0) is 28.1 Å². The van der Waals surface area contributed by atoms with Crippen LogP contribution in [-0.4, -0.2) is 9.13 Å². The summed E-state index contributed by atoms with van der Waals surface area (Å²) in [6, 6.07) is 6.14. The fourth-order valence-electron chi connectivity index (χ4n) is 1.62. The van der Waals surface area contributed by atoms with E-state index in [0.29, 0.717) is 18.8 Å². The molecular formula is C12H12BrN3O2. The number of aromatic nitrogens is 2. The minimum Gasteiger partial charge on any atom is -0.398 e. The highest BCUT2D eigenvalue weighted by molar-refractivity contribution is 9.10. The standard InChI is InChI=1S/C12H12BrN3O2/c13-9-1-3-11(17)15(7-9)5-6-16-8-10(14)2-4-12(16)18/h1-4,7-8H,5-6,14H2. The monoisotopic (exact) mass is 309 g/mol. The molecule has 2 N–H and O–H groups in total. The zero-order chi connectivity index (χ0) is 13.1. The average molecular weight is 310 g/mol. The van der Waals surface area contributed by atoms with Crippen LogP contribution in [0.5, 0.6) is 0 Å². The molecule has 0 aromatic carbocycles. The van der Waals surface area contributed by atoms with Crippen molar-refractivity contribution >= 4 is 21.6 Å². The Bertz CT molecular complexity index is 616. The number of halogens is 1. The van der Waals surface area contributed by atoms with Crippen molar-refractivity contribution in [3.63, 3.8) is 0 Å². The summed E-state index contributed by atoms with van der Waals surface area (Å²) >= 11 is 3.30. The smallest absolute Gasteiger partial charge is 0.250 e. The van der Waals surface area contributed by atoms with Crippen LogP contribution in [0.15, 0.2) is 50.7 Å². The van der Waals surface area contributed by atoms with E-state index in [1.165, 1.54) is 16.7 Å². The Morgan fingerprint density at radius 1 is 0.944 bits per heavy atom. The van der Waals surface area contributed by atoms with E-state index in [-0.39, 0.29) is 11.1 Å². The Hall–Kier alpha value is -1.82. The molecule has 2 heterocycles. The fourth-order valence-corrected chi connectivity index (χ4v) is 2.00. The highest BCUT2D eigenvalue weighted by atomic mass is 79.9. The van der Waals surface area contributed by atoms with Crippen LogP contribution in [-0.2, 0) is 13.1 Å². The van der Waals surface area contributed by atoms with Gasteiger partial charge in [0.15, 0.2) is 0 Å². The maximum atomic E-state index is 11.6. The quantitative estimate of drug-likeness (QED) is 0.921. The van der Waals surface area contributed by atoms with Crippen LogP contribution < -0.4 is 16.9 Å². The highest BCUT2D eigenvalue weighted by Crippen LogP contribution is 2.05. The van der Waals surface area contributed by atoms with Gasteiger partial charge >= 0.3 is 0 Å². The second-order valence-electron chi connectivity index (χ2n) is 3.87. The van der Waals surface area contributed by atoms with Crippen LogP contribution in [0.4, 0.5) is 5.69 Å². The van der Waals surface area contributed by atoms with Crippen molar-refractivity contribution in [1.82, 2.24) is 9.13 Å². The molecule has 0 aliphatic heterocycles. The van der Waals surface area contributed by atoms with Gasteiger partial charge in [-0.25, -0.2) is 0 Å². The Kier molecular flexibility index (Phi) is 3.66. The summed E-state index contributed by atoms with van der Waals surface area (Å²) < 4.78 is 3.85. The molecule has 0 spiro atoms. The Morgan fingerprint density at radius 2 is 1.50 bits per heavy atom. The fraction of sp³-hybridized carbons (Fsp3) is 0.167. The van der Waals surface area contributed by atoms with E-state index >= 15 is 0 Å². The first-order valence-corrected chi connectivity index (χ1v) is 6.17. The molecule has 0 unspecified atom stereocenters. The summed E-state index contributed by atoms with van der Waals surface area (Å²) in [5.41, 5.74) is 5.91. The number of anilines is 1. The SMILES string of the molecule is Nc1ccc(=O)n(CCn2cc(Br)ccc2=O)c1. The number of hydrogen-bond acceptors (Lipinski definition) is 3. The lowest BCUT2D eigenvalue weighted by Gasteiger charge is -2.08. The van der Waals surface area contributed by atoms with Crippen LogP contribution in [0.3, 0.4) is 0 Å². The Labute approximate surface area is 112 Å². The zero-order valence-corrected chi connectivity index (χ0v) is 11.1. The van der Waals surface area contributed by atoms with E-state index in [2.05, 4.69) is 15.9 Å². The number of rotatable bonds is 3. The van der Waals surface area contributed by atoms with E-state index in [1.54, 1.807) is 29.1 Å². The van der Waals surface area contributed by atoms with Crippen molar-refractivity contribution in [2.24, 2.45) is 0 Å².